The highest BCUT2D eigenvalue weighted by molar-refractivity contribution is 5.91. The predicted molar refractivity (Wildman–Crippen MR) is 117 cm³/mol. The minimum atomic E-state index is -0.265. The molecule has 2 amide bonds. The lowest BCUT2D eigenvalue weighted by atomic mass is 10.1. The van der Waals surface area contributed by atoms with Gasteiger partial charge in [0.05, 0.1) is 24.5 Å². The van der Waals surface area contributed by atoms with Gasteiger partial charge in [-0.05, 0) is 38.7 Å². The van der Waals surface area contributed by atoms with E-state index < -0.39 is 0 Å². The third kappa shape index (κ3) is 5.04. The van der Waals surface area contributed by atoms with E-state index in [9.17, 15) is 9.59 Å². The molecular formula is C23H28N6O3. The molecule has 1 unspecified atom stereocenters. The number of aryl methyl sites for hydroxylation is 2. The Labute approximate surface area is 186 Å². The number of nitrogens with one attached hydrogen (secondary N) is 1. The summed E-state index contributed by atoms with van der Waals surface area (Å²) in [4.78, 5) is 27.2. The van der Waals surface area contributed by atoms with E-state index in [4.69, 9.17) is 4.52 Å². The van der Waals surface area contributed by atoms with Gasteiger partial charge in [-0.3, -0.25) is 9.59 Å². The minimum Gasteiger partial charge on any atom is -0.361 e. The van der Waals surface area contributed by atoms with Crippen LogP contribution in [0.3, 0.4) is 0 Å². The molecule has 3 aromatic rings. The Morgan fingerprint density at radius 3 is 2.78 bits per heavy atom. The van der Waals surface area contributed by atoms with Crippen LogP contribution in [0.2, 0.25) is 0 Å². The molecule has 1 N–H and O–H groups in total. The van der Waals surface area contributed by atoms with E-state index in [0.29, 0.717) is 25.9 Å². The van der Waals surface area contributed by atoms with Crippen LogP contribution in [0.15, 0.2) is 41.1 Å². The summed E-state index contributed by atoms with van der Waals surface area (Å²) in [6, 6.07) is 9.75. The highest BCUT2D eigenvalue weighted by Crippen LogP contribution is 2.21. The van der Waals surface area contributed by atoms with Gasteiger partial charge in [0.15, 0.2) is 5.69 Å². The first-order chi connectivity index (χ1) is 15.5. The van der Waals surface area contributed by atoms with E-state index in [1.807, 2.05) is 49.1 Å². The zero-order valence-corrected chi connectivity index (χ0v) is 18.5. The van der Waals surface area contributed by atoms with Crippen molar-refractivity contribution in [3.05, 3.63) is 64.8 Å². The van der Waals surface area contributed by atoms with Crippen molar-refractivity contribution in [1.82, 2.24) is 30.4 Å². The SMILES string of the molecule is Cc1noc(C)c1CCC(=O)N1CCCC1Cn1cc(C(=O)NCc2ccccc2)nn1. The second-order valence-corrected chi connectivity index (χ2v) is 8.18. The molecule has 4 rings (SSSR count). The van der Waals surface area contributed by atoms with Crippen LogP contribution in [0.5, 0.6) is 0 Å². The van der Waals surface area contributed by atoms with Gasteiger partial charge >= 0.3 is 0 Å². The molecule has 1 aliphatic rings. The van der Waals surface area contributed by atoms with Crippen LogP contribution in [0, 0.1) is 13.8 Å². The number of benzene rings is 1. The Hall–Kier alpha value is -3.49. The minimum absolute atomic E-state index is 0.0501. The van der Waals surface area contributed by atoms with Crippen LogP contribution in [0.1, 0.15) is 52.3 Å². The molecule has 0 spiro atoms. The van der Waals surface area contributed by atoms with Crippen LogP contribution in [0.25, 0.3) is 0 Å². The summed E-state index contributed by atoms with van der Waals surface area (Å²) in [6.45, 7) is 5.47. The molecule has 0 bridgehead atoms. The highest BCUT2D eigenvalue weighted by atomic mass is 16.5. The Balaban J connectivity index is 1.31. The summed E-state index contributed by atoms with van der Waals surface area (Å²) in [7, 11) is 0. The third-order valence-electron chi connectivity index (χ3n) is 5.93. The normalized spacial score (nSPS) is 15.8. The molecule has 0 radical (unpaired) electrons. The van der Waals surface area contributed by atoms with Gasteiger partial charge in [-0.2, -0.15) is 0 Å². The van der Waals surface area contributed by atoms with E-state index >= 15 is 0 Å². The molecule has 1 saturated heterocycles. The fourth-order valence-corrected chi connectivity index (χ4v) is 4.16. The molecule has 1 fully saturated rings. The van der Waals surface area contributed by atoms with Crippen molar-refractivity contribution < 1.29 is 14.1 Å². The fraction of sp³-hybridized carbons (Fsp3) is 0.435. The van der Waals surface area contributed by atoms with E-state index in [1.165, 1.54) is 0 Å². The first-order valence-corrected chi connectivity index (χ1v) is 10.9. The lowest BCUT2D eigenvalue weighted by Crippen LogP contribution is -2.38. The summed E-state index contributed by atoms with van der Waals surface area (Å²) in [6.07, 6.45) is 4.56. The van der Waals surface area contributed by atoms with E-state index in [2.05, 4.69) is 20.8 Å². The van der Waals surface area contributed by atoms with Gasteiger partial charge in [0.1, 0.15) is 5.76 Å². The third-order valence-corrected chi connectivity index (χ3v) is 5.93. The molecule has 9 heteroatoms. The average Bonchev–Trinajstić information content (AvgIpc) is 3.53. The van der Waals surface area contributed by atoms with Crippen LogP contribution >= 0.6 is 0 Å². The lowest BCUT2D eigenvalue weighted by Gasteiger charge is -2.24. The van der Waals surface area contributed by atoms with E-state index in [1.54, 1.807) is 10.9 Å². The number of hydrogen-bond acceptors (Lipinski definition) is 6. The summed E-state index contributed by atoms with van der Waals surface area (Å²) in [5, 5.41) is 14.9. The summed E-state index contributed by atoms with van der Waals surface area (Å²) >= 11 is 0. The molecule has 0 aliphatic carbocycles. The Morgan fingerprint density at radius 2 is 2.03 bits per heavy atom. The first-order valence-electron chi connectivity index (χ1n) is 10.9. The van der Waals surface area contributed by atoms with Gasteiger partial charge in [-0.1, -0.05) is 40.7 Å². The number of carbonyl (C=O) groups is 2. The molecule has 168 valence electrons. The van der Waals surface area contributed by atoms with Gasteiger partial charge in [0.2, 0.25) is 5.91 Å². The van der Waals surface area contributed by atoms with Crippen molar-refractivity contribution in [3.63, 3.8) is 0 Å². The maximum atomic E-state index is 12.9. The van der Waals surface area contributed by atoms with Crippen molar-refractivity contribution in [2.24, 2.45) is 0 Å². The molecule has 3 heterocycles. The smallest absolute Gasteiger partial charge is 0.273 e. The van der Waals surface area contributed by atoms with Crippen molar-refractivity contribution in [2.75, 3.05) is 6.54 Å². The van der Waals surface area contributed by atoms with Gasteiger partial charge < -0.3 is 14.7 Å². The van der Waals surface area contributed by atoms with Gasteiger partial charge in [0, 0.05) is 25.1 Å². The first kappa shape index (κ1) is 21.7. The number of nitrogens with zero attached hydrogens (tertiary/aromatic N) is 5. The topological polar surface area (TPSA) is 106 Å². The number of hydrogen-bond donors (Lipinski definition) is 1. The van der Waals surface area contributed by atoms with Crippen LogP contribution < -0.4 is 5.32 Å². The summed E-state index contributed by atoms with van der Waals surface area (Å²) < 4.78 is 6.85. The Kier molecular flexibility index (Phi) is 6.63. The quantitative estimate of drug-likeness (QED) is 0.581. The van der Waals surface area contributed by atoms with Crippen molar-refractivity contribution in [1.29, 1.82) is 0 Å². The fourth-order valence-electron chi connectivity index (χ4n) is 4.16. The largest absolute Gasteiger partial charge is 0.361 e. The summed E-state index contributed by atoms with van der Waals surface area (Å²) in [5.41, 5.74) is 3.14. The molecule has 1 aliphatic heterocycles. The average molecular weight is 437 g/mol. The molecule has 1 aromatic carbocycles. The maximum absolute atomic E-state index is 12.9. The van der Waals surface area contributed by atoms with E-state index in [0.717, 1.165) is 42.0 Å². The van der Waals surface area contributed by atoms with Crippen LogP contribution in [-0.2, 0) is 24.3 Å². The number of rotatable bonds is 8. The summed E-state index contributed by atoms with van der Waals surface area (Å²) in [5.74, 6) is 0.626. The van der Waals surface area contributed by atoms with Crippen molar-refractivity contribution in [3.8, 4) is 0 Å². The second kappa shape index (κ2) is 9.76. The predicted octanol–water partition coefficient (Wildman–Crippen LogP) is 2.44. The molecule has 0 saturated carbocycles. The highest BCUT2D eigenvalue weighted by Gasteiger charge is 2.29. The number of likely N-dealkylation sites (tertiary alicyclic amines) is 1. The molecule has 9 nitrogen and oxygen atoms in total. The zero-order valence-electron chi connectivity index (χ0n) is 18.5. The number of aromatic nitrogens is 4. The maximum Gasteiger partial charge on any atom is 0.273 e. The molecule has 32 heavy (non-hydrogen) atoms. The molecule has 2 aromatic heterocycles. The van der Waals surface area contributed by atoms with Gasteiger partial charge in [-0.25, -0.2) is 4.68 Å². The van der Waals surface area contributed by atoms with Crippen LogP contribution in [-0.4, -0.2) is 49.5 Å². The van der Waals surface area contributed by atoms with Gasteiger partial charge in [-0.15, -0.1) is 5.10 Å². The number of amides is 2. The monoisotopic (exact) mass is 436 g/mol. The van der Waals surface area contributed by atoms with E-state index in [-0.39, 0.29) is 23.6 Å². The van der Waals surface area contributed by atoms with Crippen molar-refractivity contribution in [2.45, 2.75) is 58.7 Å². The van der Waals surface area contributed by atoms with Gasteiger partial charge in [0.25, 0.3) is 5.91 Å². The number of carbonyl (C=O) groups excluding carboxylic acids is 2. The standard InChI is InChI=1S/C23H28N6O3/c1-16-20(17(2)32-26-16)10-11-22(30)29-12-6-9-19(29)14-28-15-21(25-27-28)23(31)24-13-18-7-4-3-5-8-18/h3-5,7-8,15,19H,6,9-14H2,1-2H3,(H,24,31). The second-order valence-electron chi connectivity index (χ2n) is 8.18. The zero-order chi connectivity index (χ0) is 22.5. The lowest BCUT2D eigenvalue weighted by molar-refractivity contribution is -0.132. The Morgan fingerprint density at radius 1 is 1.22 bits per heavy atom. The van der Waals surface area contributed by atoms with Crippen LogP contribution in [0.4, 0.5) is 0 Å². The Bertz CT molecular complexity index is 1060. The molecular weight excluding hydrogens is 408 g/mol. The van der Waals surface area contributed by atoms with Crippen molar-refractivity contribution >= 4 is 11.8 Å². The molecule has 1 atom stereocenters.